The molecule has 2 rings (SSSR count). The van der Waals surface area contributed by atoms with Crippen molar-refractivity contribution >= 4 is 23.4 Å². The molecule has 0 spiro atoms. The predicted octanol–water partition coefficient (Wildman–Crippen LogP) is 4.43. The zero-order valence-electron chi connectivity index (χ0n) is 8.11. The van der Waals surface area contributed by atoms with Crippen molar-refractivity contribution in [2.75, 3.05) is 0 Å². The van der Waals surface area contributed by atoms with Gasteiger partial charge < -0.3 is 0 Å². The molecular formula is C13H10ClS. The zero-order valence-corrected chi connectivity index (χ0v) is 9.68. The van der Waals surface area contributed by atoms with Crippen LogP contribution >= 0.6 is 23.4 Å². The molecule has 0 atom stereocenters. The first-order chi connectivity index (χ1) is 7.34. The van der Waals surface area contributed by atoms with Gasteiger partial charge in [0.25, 0.3) is 0 Å². The normalized spacial score (nSPS) is 10.2. The lowest BCUT2D eigenvalue weighted by Gasteiger charge is -2.01. The fourth-order valence-corrected chi connectivity index (χ4v) is 2.35. The maximum atomic E-state index is 5.89. The molecule has 0 amide bonds. The van der Waals surface area contributed by atoms with Crippen LogP contribution in [0.2, 0.25) is 5.02 Å². The summed E-state index contributed by atoms with van der Waals surface area (Å²) in [5.74, 6) is 0.956. The summed E-state index contributed by atoms with van der Waals surface area (Å²) >= 11 is 7.64. The van der Waals surface area contributed by atoms with E-state index in [9.17, 15) is 0 Å². The topological polar surface area (TPSA) is 0 Å². The van der Waals surface area contributed by atoms with Crippen molar-refractivity contribution in [3.63, 3.8) is 0 Å². The van der Waals surface area contributed by atoms with Gasteiger partial charge in [-0.2, -0.15) is 0 Å². The van der Waals surface area contributed by atoms with E-state index in [0.717, 1.165) is 15.7 Å². The Balaban J connectivity index is 1.99. The molecule has 15 heavy (non-hydrogen) atoms. The smallest absolute Gasteiger partial charge is 0.0417 e. The van der Waals surface area contributed by atoms with Gasteiger partial charge in [-0.1, -0.05) is 48.0 Å². The first-order valence-corrected chi connectivity index (χ1v) is 6.05. The van der Waals surface area contributed by atoms with Crippen molar-refractivity contribution in [1.29, 1.82) is 0 Å². The Labute approximate surface area is 99.3 Å². The molecular weight excluding hydrogens is 224 g/mol. The van der Waals surface area contributed by atoms with E-state index in [-0.39, 0.29) is 0 Å². The highest BCUT2D eigenvalue weighted by Crippen LogP contribution is 2.24. The number of thioether (sulfide) groups is 1. The Hall–Kier alpha value is -0.920. The summed E-state index contributed by atoms with van der Waals surface area (Å²) in [6.45, 7) is 0. The van der Waals surface area contributed by atoms with Gasteiger partial charge in [0.1, 0.15) is 0 Å². The number of hydrogen-bond donors (Lipinski definition) is 0. The highest BCUT2D eigenvalue weighted by Gasteiger charge is 1.96. The van der Waals surface area contributed by atoms with E-state index in [1.165, 1.54) is 5.56 Å². The van der Waals surface area contributed by atoms with Crippen molar-refractivity contribution in [2.45, 2.75) is 10.6 Å². The average molecular weight is 234 g/mol. The van der Waals surface area contributed by atoms with Crippen LogP contribution in [0.15, 0.2) is 53.4 Å². The van der Waals surface area contributed by atoms with Crippen LogP contribution in [-0.2, 0) is 5.75 Å². The van der Waals surface area contributed by atoms with Gasteiger partial charge in [-0.25, -0.2) is 0 Å². The van der Waals surface area contributed by atoms with Crippen molar-refractivity contribution < 1.29 is 0 Å². The molecule has 0 aliphatic heterocycles. The lowest BCUT2D eigenvalue weighted by molar-refractivity contribution is 1.38. The number of halogens is 1. The lowest BCUT2D eigenvalue weighted by atomic mass is 10.2. The Kier molecular flexibility index (Phi) is 3.70. The van der Waals surface area contributed by atoms with E-state index in [1.807, 2.05) is 24.3 Å². The van der Waals surface area contributed by atoms with E-state index in [2.05, 4.69) is 30.3 Å². The number of hydrogen-bond acceptors (Lipinski definition) is 1. The summed E-state index contributed by atoms with van der Waals surface area (Å²) in [5, 5.41) is 0.768. The Bertz CT molecular complexity index is 426. The zero-order chi connectivity index (χ0) is 10.5. The molecule has 2 aromatic rings. The van der Waals surface area contributed by atoms with E-state index < -0.39 is 0 Å². The van der Waals surface area contributed by atoms with E-state index in [1.54, 1.807) is 11.8 Å². The summed E-state index contributed by atoms with van der Waals surface area (Å²) in [7, 11) is 0. The summed E-state index contributed by atoms with van der Waals surface area (Å²) in [4.78, 5) is 1.09. The van der Waals surface area contributed by atoms with Gasteiger partial charge >= 0.3 is 0 Å². The third kappa shape index (κ3) is 3.29. The van der Waals surface area contributed by atoms with Crippen LogP contribution < -0.4 is 0 Å². The third-order valence-electron chi connectivity index (χ3n) is 1.97. The van der Waals surface area contributed by atoms with Crippen LogP contribution in [0, 0.1) is 6.07 Å². The van der Waals surface area contributed by atoms with Crippen molar-refractivity contribution in [2.24, 2.45) is 0 Å². The fourth-order valence-electron chi connectivity index (χ4n) is 1.24. The molecule has 2 aromatic carbocycles. The Morgan fingerprint density at radius 3 is 2.67 bits per heavy atom. The van der Waals surface area contributed by atoms with Gasteiger partial charge in [0.05, 0.1) is 0 Å². The number of benzene rings is 2. The largest absolute Gasteiger partial charge is 0.121 e. The van der Waals surface area contributed by atoms with E-state index >= 15 is 0 Å². The number of rotatable bonds is 3. The van der Waals surface area contributed by atoms with Crippen molar-refractivity contribution in [3.8, 4) is 0 Å². The molecule has 0 heterocycles. The van der Waals surface area contributed by atoms with Crippen molar-refractivity contribution in [1.82, 2.24) is 0 Å². The van der Waals surface area contributed by atoms with E-state index in [4.69, 9.17) is 11.6 Å². The molecule has 0 fully saturated rings. The van der Waals surface area contributed by atoms with Crippen LogP contribution in [0.4, 0.5) is 0 Å². The Morgan fingerprint density at radius 1 is 1.13 bits per heavy atom. The van der Waals surface area contributed by atoms with Gasteiger partial charge in [0, 0.05) is 15.7 Å². The molecule has 0 nitrogen and oxygen atoms in total. The molecule has 0 saturated carbocycles. The minimum absolute atomic E-state index is 0.768. The third-order valence-corrected chi connectivity index (χ3v) is 3.23. The molecule has 0 unspecified atom stereocenters. The highest BCUT2D eigenvalue weighted by molar-refractivity contribution is 7.98. The minimum Gasteiger partial charge on any atom is -0.121 e. The second-order valence-electron chi connectivity index (χ2n) is 3.15. The summed E-state index contributed by atoms with van der Waals surface area (Å²) in [6.07, 6.45) is 0. The first-order valence-electron chi connectivity index (χ1n) is 4.68. The summed E-state index contributed by atoms with van der Waals surface area (Å²) in [5.41, 5.74) is 1.32. The SMILES string of the molecule is Clc1cc[c]c(SCc2ccccc2)c1. The van der Waals surface area contributed by atoms with Crippen LogP contribution in [0.1, 0.15) is 5.56 Å². The molecule has 0 saturated heterocycles. The summed E-state index contributed by atoms with van der Waals surface area (Å²) in [6, 6.07) is 19.2. The Morgan fingerprint density at radius 2 is 1.93 bits per heavy atom. The molecule has 0 bridgehead atoms. The molecule has 75 valence electrons. The average Bonchev–Trinajstić information content (AvgIpc) is 2.28. The van der Waals surface area contributed by atoms with E-state index in [0.29, 0.717) is 0 Å². The van der Waals surface area contributed by atoms with Crippen LogP contribution in [0.25, 0.3) is 0 Å². The maximum Gasteiger partial charge on any atom is 0.0417 e. The first kappa shape index (κ1) is 10.6. The molecule has 2 heteroatoms. The van der Waals surface area contributed by atoms with Gasteiger partial charge in [-0.05, 0) is 23.8 Å². The molecule has 0 N–H and O–H groups in total. The maximum absolute atomic E-state index is 5.89. The second kappa shape index (κ2) is 5.24. The molecule has 0 aliphatic rings. The molecule has 1 radical (unpaired) electrons. The molecule has 0 aliphatic carbocycles. The minimum atomic E-state index is 0.768. The predicted molar refractivity (Wildman–Crippen MR) is 66.3 cm³/mol. The lowest BCUT2D eigenvalue weighted by Crippen LogP contribution is -1.79. The van der Waals surface area contributed by atoms with Crippen LogP contribution in [0.5, 0.6) is 0 Å². The van der Waals surface area contributed by atoms with Crippen LogP contribution in [0.3, 0.4) is 0 Å². The van der Waals surface area contributed by atoms with Crippen LogP contribution in [-0.4, -0.2) is 0 Å². The van der Waals surface area contributed by atoms with Crippen molar-refractivity contribution in [3.05, 3.63) is 65.2 Å². The second-order valence-corrected chi connectivity index (χ2v) is 4.60. The molecule has 0 aromatic heterocycles. The monoisotopic (exact) mass is 233 g/mol. The fraction of sp³-hybridized carbons (Fsp3) is 0.0769. The standard InChI is InChI=1S/C13H10ClS/c14-12-7-4-8-13(9-12)15-10-11-5-2-1-3-6-11/h1-7,9H,10H2. The van der Waals surface area contributed by atoms with Gasteiger partial charge in [-0.3, -0.25) is 0 Å². The summed E-state index contributed by atoms with van der Waals surface area (Å²) < 4.78 is 0. The van der Waals surface area contributed by atoms with Gasteiger partial charge in [-0.15, -0.1) is 11.8 Å². The van der Waals surface area contributed by atoms with Gasteiger partial charge in [0.15, 0.2) is 0 Å². The van der Waals surface area contributed by atoms with Gasteiger partial charge in [0.2, 0.25) is 0 Å². The highest BCUT2D eigenvalue weighted by atomic mass is 35.5. The quantitative estimate of drug-likeness (QED) is 0.707.